The van der Waals surface area contributed by atoms with Gasteiger partial charge >= 0.3 is 0 Å². The Kier molecular flexibility index (Phi) is 7.19. The van der Waals surface area contributed by atoms with E-state index in [1.807, 2.05) is 114 Å². The van der Waals surface area contributed by atoms with Crippen LogP contribution in [0.25, 0.3) is 76.8 Å². The zero-order valence-electron chi connectivity index (χ0n) is 34.0. The van der Waals surface area contributed by atoms with Gasteiger partial charge in [0.15, 0.2) is 0 Å². The van der Waals surface area contributed by atoms with Crippen molar-refractivity contribution in [1.29, 1.82) is 0 Å². The molecule has 10 aromatic carbocycles. The normalized spacial score (nSPS) is 12.3. The molecule has 0 aliphatic rings. The number of benzene rings is 10. The maximum absolute atomic E-state index is 9.63. The Balaban J connectivity index is 1.11. The van der Waals surface area contributed by atoms with Gasteiger partial charge in [-0.05, 0) is 114 Å². The van der Waals surface area contributed by atoms with E-state index in [0.717, 1.165) is 60.9 Å². The third-order valence-electron chi connectivity index (χ3n) is 10.5. The first-order valence-electron chi connectivity index (χ1n) is 20.6. The number of anilines is 3. The molecule has 258 valence electrons. The minimum atomic E-state index is -0.120. The van der Waals surface area contributed by atoms with E-state index in [4.69, 9.17) is 0 Å². The Bertz CT molecular complexity index is 3180. The van der Waals surface area contributed by atoms with Gasteiger partial charge in [0.2, 0.25) is 0 Å². The summed E-state index contributed by atoms with van der Waals surface area (Å²) in [5.41, 5.74) is 8.52. The quantitative estimate of drug-likeness (QED) is 0.149. The van der Waals surface area contributed by atoms with Crippen LogP contribution in [0.5, 0.6) is 0 Å². The van der Waals surface area contributed by atoms with Crippen LogP contribution in [0.2, 0.25) is 0 Å². The van der Waals surface area contributed by atoms with Crippen molar-refractivity contribution in [3.8, 4) is 44.5 Å². The van der Waals surface area contributed by atoms with Crippen LogP contribution in [-0.4, -0.2) is 0 Å². The molecule has 0 saturated heterocycles. The van der Waals surface area contributed by atoms with E-state index in [0.29, 0.717) is 5.56 Å². The van der Waals surface area contributed by atoms with Crippen LogP contribution >= 0.6 is 0 Å². The average Bonchev–Trinajstić information content (AvgIpc) is 3.30. The molecule has 0 unspecified atom stereocenters. The Hall–Kier alpha value is -7.22. The van der Waals surface area contributed by atoms with Crippen LogP contribution in [0.3, 0.4) is 0 Å². The van der Waals surface area contributed by atoms with Gasteiger partial charge in [-0.1, -0.05) is 182 Å². The summed E-state index contributed by atoms with van der Waals surface area (Å²) >= 11 is 0. The fourth-order valence-corrected chi connectivity index (χ4v) is 7.80. The lowest BCUT2D eigenvalue weighted by Gasteiger charge is -2.28. The standard InChI is InChI=1S/C54H37N/c1-2-12-41(13-3-1)53-21-8-9-23-54(53)55(48-33-28-39(29-34-48)44-30-35-52-46(37-44)25-24-42-15-5-7-20-50(42)52)47-31-26-38(27-32-47)43-17-10-18-45(36-43)51-22-11-16-40-14-4-6-19-49(40)51/h1-37H/i26D,27D,31D,32D. The highest BCUT2D eigenvalue weighted by Crippen LogP contribution is 2.42. The number of hydrogen-bond acceptors (Lipinski definition) is 1. The molecule has 0 aliphatic heterocycles. The molecule has 1 heteroatoms. The largest absolute Gasteiger partial charge is 0.310 e. The van der Waals surface area contributed by atoms with Gasteiger partial charge in [-0.15, -0.1) is 0 Å². The third kappa shape index (κ3) is 6.12. The third-order valence-corrected chi connectivity index (χ3v) is 10.5. The lowest BCUT2D eigenvalue weighted by Crippen LogP contribution is -2.11. The zero-order chi connectivity index (χ0) is 40.0. The van der Waals surface area contributed by atoms with E-state index < -0.39 is 0 Å². The first-order valence-corrected chi connectivity index (χ1v) is 18.6. The topological polar surface area (TPSA) is 3.24 Å². The van der Waals surface area contributed by atoms with Gasteiger partial charge < -0.3 is 4.90 Å². The molecule has 0 atom stereocenters. The first-order chi connectivity index (χ1) is 28.9. The van der Waals surface area contributed by atoms with E-state index in [1.165, 1.54) is 16.2 Å². The monoisotopic (exact) mass is 703 g/mol. The van der Waals surface area contributed by atoms with Crippen LogP contribution in [0.15, 0.2) is 224 Å². The molecule has 0 aliphatic carbocycles. The smallest absolute Gasteiger partial charge is 0.0645 e. The van der Waals surface area contributed by atoms with E-state index in [2.05, 4.69) is 91.0 Å². The second kappa shape index (κ2) is 14.0. The highest BCUT2D eigenvalue weighted by molar-refractivity contribution is 6.08. The Morgan fingerprint density at radius 2 is 0.855 bits per heavy atom. The van der Waals surface area contributed by atoms with Gasteiger partial charge in [-0.2, -0.15) is 0 Å². The van der Waals surface area contributed by atoms with Gasteiger partial charge in [0, 0.05) is 16.9 Å². The molecular formula is C54H37N. The first kappa shape index (κ1) is 28.3. The SMILES string of the molecule is [2H]c1c([2H])c(N(c2ccc(-c3ccc4c(ccc5ccccc54)c3)cc2)c2ccccc2-c2ccccc2)c([2H])c([2H])c1-c1cccc(-c2cccc3ccccc23)c1. The Labute approximate surface area is 327 Å². The summed E-state index contributed by atoms with van der Waals surface area (Å²) in [6.07, 6.45) is 0. The molecule has 1 nitrogen and oxygen atoms in total. The molecule has 0 aromatic heterocycles. The summed E-state index contributed by atoms with van der Waals surface area (Å²) < 4.78 is 38.3. The Morgan fingerprint density at radius 3 is 1.69 bits per heavy atom. The van der Waals surface area contributed by atoms with Gasteiger partial charge in [0.05, 0.1) is 11.2 Å². The molecule has 0 spiro atoms. The second-order valence-corrected chi connectivity index (χ2v) is 13.8. The molecular weight excluding hydrogens is 663 g/mol. The minimum Gasteiger partial charge on any atom is -0.310 e. The van der Waals surface area contributed by atoms with Crippen LogP contribution in [0.1, 0.15) is 5.48 Å². The second-order valence-electron chi connectivity index (χ2n) is 13.8. The number of hydrogen-bond donors (Lipinski definition) is 0. The van der Waals surface area contributed by atoms with Crippen molar-refractivity contribution in [3.05, 3.63) is 224 Å². The van der Waals surface area contributed by atoms with Gasteiger partial charge in [-0.3, -0.25) is 0 Å². The predicted molar refractivity (Wildman–Crippen MR) is 235 cm³/mol. The molecule has 0 N–H and O–H groups in total. The maximum atomic E-state index is 9.63. The molecule has 0 radical (unpaired) electrons. The zero-order valence-corrected chi connectivity index (χ0v) is 30.0. The van der Waals surface area contributed by atoms with Crippen LogP contribution in [-0.2, 0) is 0 Å². The van der Waals surface area contributed by atoms with Crippen molar-refractivity contribution in [2.45, 2.75) is 0 Å². The molecule has 0 bridgehead atoms. The fourth-order valence-electron chi connectivity index (χ4n) is 7.80. The molecule has 0 heterocycles. The van der Waals surface area contributed by atoms with E-state index >= 15 is 0 Å². The van der Waals surface area contributed by atoms with Crippen molar-refractivity contribution in [2.24, 2.45) is 0 Å². The maximum Gasteiger partial charge on any atom is 0.0645 e. The summed E-state index contributed by atoms with van der Waals surface area (Å²) in [5.74, 6) is 0. The number of rotatable bonds is 7. The molecule has 0 saturated carbocycles. The predicted octanol–water partition coefficient (Wildman–Crippen LogP) is 15.3. The summed E-state index contributed by atoms with van der Waals surface area (Å²) in [5, 5.41) is 7.04. The molecule has 0 amide bonds. The molecule has 0 fully saturated rings. The fraction of sp³-hybridized carbons (Fsp3) is 0. The Morgan fingerprint density at radius 1 is 0.291 bits per heavy atom. The van der Waals surface area contributed by atoms with Gasteiger partial charge in [0.25, 0.3) is 0 Å². The van der Waals surface area contributed by atoms with Crippen molar-refractivity contribution in [3.63, 3.8) is 0 Å². The van der Waals surface area contributed by atoms with Crippen molar-refractivity contribution >= 4 is 49.4 Å². The highest BCUT2D eigenvalue weighted by atomic mass is 15.1. The van der Waals surface area contributed by atoms with E-state index in [9.17, 15) is 5.48 Å². The summed E-state index contributed by atoms with van der Waals surface area (Å²) in [7, 11) is 0. The molecule has 10 aromatic rings. The van der Waals surface area contributed by atoms with Gasteiger partial charge in [0.1, 0.15) is 0 Å². The lowest BCUT2D eigenvalue weighted by atomic mass is 9.95. The van der Waals surface area contributed by atoms with Crippen molar-refractivity contribution in [1.82, 2.24) is 0 Å². The number of para-hydroxylation sites is 1. The summed E-state index contributed by atoms with van der Waals surface area (Å²) in [4.78, 5) is 1.88. The van der Waals surface area contributed by atoms with Crippen molar-refractivity contribution < 1.29 is 5.48 Å². The number of fused-ring (bicyclic) bond motifs is 4. The molecule has 10 rings (SSSR count). The summed E-state index contributed by atoms with van der Waals surface area (Å²) in [6, 6.07) is 67.3. The minimum absolute atomic E-state index is 0.0985. The highest BCUT2D eigenvalue weighted by Gasteiger charge is 2.18. The van der Waals surface area contributed by atoms with Gasteiger partial charge in [-0.25, -0.2) is 0 Å². The van der Waals surface area contributed by atoms with Crippen LogP contribution in [0, 0.1) is 0 Å². The van der Waals surface area contributed by atoms with E-state index in [1.54, 1.807) is 0 Å². The number of nitrogens with zero attached hydrogens (tertiary/aromatic N) is 1. The summed E-state index contributed by atoms with van der Waals surface area (Å²) in [6.45, 7) is 0. The van der Waals surface area contributed by atoms with Crippen LogP contribution in [0.4, 0.5) is 17.1 Å². The lowest BCUT2D eigenvalue weighted by molar-refractivity contribution is 1.28. The van der Waals surface area contributed by atoms with E-state index in [-0.39, 0.29) is 35.4 Å². The van der Waals surface area contributed by atoms with Crippen LogP contribution < -0.4 is 4.90 Å². The average molecular weight is 704 g/mol. The van der Waals surface area contributed by atoms with Crippen molar-refractivity contribution in [2.75, 3.05) is 4.90 Å². The molecule has 55 heavy (non-hydrogen) atoms.